The molecule has 1 unspecified atom stereocenters. The number of esters is 1. The van der Waals surface area contributed by atoms with Crippen LogP contribution in [0.2, 0.25) is 0 Å². The highest BCUT2D eigenvalue weighted by atomic mass is 32.2. The van der Waals surface area contributed by atoms with Gasteiger partial charge in [0, 0.05) is 18.5 Å². The summed E-state index contributed by atoms with van der Waals surface area (Å²) >= 11 is 0. The molecule has 2 aromatic carbocycles. The molecular formula is C25H34N4O5S. The van der Waals surface area contributed by atoms with Crippen molar-refractivity contribution in [2.75, 3.05) is 26.0 Å². The fraction of sp³-hybridized carbons (Fsp3) is 0.480. The van der Waals surface area contributed by atoms with Gasteiger partial charge in [0.15, 0.2) is 0 Å². The number of carbonyl (C=O) groups is 1. The zero-order valence-corrected chi connectivity index (χ0v) is 21.2. The third-order valence-corrected chi connectivity index (χ3v) is 7.40. The smallest absolute Gasteiger partial charge is 0.325 e. The minimum Gasteiger partial charge on any atom is -0.494 e. The van der Waals surface area contributed by atoms with Crippen molar-refractivity contribution >= 4 is 16.0 Å². The van der Waals surface area contributed by atoms with Crippen molar-refractivity contribution in [1.82, 2.24) is 4.31 Å². The van der Waals surface area contributed by atoms with Gasteiger partial charge in [-0.25, -0.2) is 8.42 Å². The van der Waals surface area contributed by atoms with E-state index in [9.17, 15) is 13.2 Å². The molecule has 10 heteroatoms. The van der Waals surface area contributed by atoms with Gasteiger partial charge in [-0.2, -0.15) is 4.31 Å². The highest BCUT2D eigenvalue weighted by molar-refractivity contribution is 7.89. The molecule has 9 nitrogen and oxygen atoms in total. The zero-order chi connectivity index (χ0) is 25.5. The first-order valence-electron chi connectivity index (χ1n) is 11.8. The highest BCUT2D eigenvalue weighted by Gasteiger charge is 2.32. The number of hydrogen-bond donors (Lipinski definition) is 0. The molecule has 0 heterocycles. The Balaban J connectivity index is 2.06. The van der Waals surface area contributed by atoms with Crippen LogP contribution in [-0.4, -0.2) is 50.7 Å². The van der Waals surface area contributed by atoms with E-state index >= 15 is 0 Å². The first kappa shape index (κ1) is 28.2. The summed E-state index contributed by atoms with van der Waals surface area (Å²) in [6, 6.07) is 15.5. The summed E-state index contributed by atoms with van der Waals surface area (Å²) in [6.07, 6.45) is 2.95. The Morgan fingerprint density at radius 3 is 2.43 bits per heavy atom. The van der Waals surface area contributed by atoms with Crippen LogP contribution in [0.3, 0.4) is 0 Å². The maximum Gasteiger partial charge on any atom is 0.325 e. The Hall–Kier alpha value is -3.07. The molecule has 0 N–H and O–H groups in total. The molecule has 0 aliphatic carbocycles. The van der Waals surface area contributed by atoms with Crippen LogP contribution >= 0.6 is 0 Å². The van der Waals surface area contributed by atoms with Gasteiger partial charge in [-0.1, -0.05) is 60.9 Å². The third-order valence-electron chi connectivity index (χ3n) is 5.47. The highest BCUT2D eigenvalue weighted by Crippen LogP contribution is 2.19. The van der Waals surface area contributed by atoms with Gasteiger partial charge in [-0.15, -0.1) is 0 Å². The Bertz CT molecular complexity index is 1060. The van der Waals surface area contributed by atoms with E-state index in [4.69, 9.17) is 15.0 Å². The number of likely N-dealkylation sites (N-methyl/N-ethyl adjacent to an activating group) is 1. The first-order chi connectivity index (χ1) is 16.9. The predicted molar refractivity (Wildman–Crippen MR) is 135 cm³/mol. The van der Waals surface area contributed by atoms with Gasteiger partial charge < -0.3 is 9.47 Å². The van der Waals surface area contributed by atoms with Crippen molar-refractivity contribution in [3.05, 3.63) is 76.2 Å². The molecule has 2 aromatic rings. The maximum atomic E-state index is 13.0. The van der Waals surface area contributed by atoms with E-state index in [1.807, 2.05) is 49.4 Å². The monoisotopic (exact) mass is 502 g/mol. The van der Waals surface area contributed by atoms with Crippen LogP contribution in [0.5, 0.6) is 5.75 Å². The minimum absolute atomic E-state index is 0.0189. The van der Waals surface area contributed by atoms with Gasteiger partial charge in [0.2, 0.25) is 10.0 Å². The van der Waals surface area contributed by atoms with Crippen LogP contribution in [0.4, 0.5) is 0 Å². The van der Waals surface area contributed by atoms with E-state index in [1.165, 1.54) is 7.05 Å². The number of benzene rings is 2. The molecule has 0 amide bonds. The summed E-state index contributed by atoms with van der Waals surface area (Å²) in [6.45, 7) is 2.93. The number of azide groups is 1. The Morgan fingerprint density at radius 1 is 1.06 bits per heavy atom. The molecular weight excluding hydrogens is 468 g/mol. The van der Waals surface area contributed by atoms with Crippen LogP contribution in [0, 0.1) is 0 Å². The van der Waals surface area contributed by atoms with E-state index in [0.717, 1.165) is 34.7 Å². The van der Waals surface area contributed by atoms with Crippen molar-refractivity contribution in [3.8, 4) is 5.75 Å². The average Bonchev–Trinajstić information content (AvgIpc) is 2.87. The number of unbranched alkanes of at least 4 members (excludes halogenated alkanes) is 2. The van der Waals surface area contributed by atoms with Crippen molar-refractivity contribution in [2.45, 2.75) is 51.7 Å². The van der Waals surface area contributed by atoms with Crippen molar-refractivity contribution in [2.24, 2.45) is 5.11 Å². The van der Waals surface area contributed by atoms with Gasteiger partial charge in [-0.05, 0) is 54.5 Å². The Kier molecular flexibility index (Phi) is 12.1. The lowest BCUT2D eigenvalue weighted by atomic mass is 10.1. The average molecular weight is 503 g/mol. The largest absolute Gasteiger partial charge is 0.494 e. The van der Waals surface area contributed by atoms with Gasteiger partial charge in [-0.3, -0.25) is 4.79 Å². The number of nitrogens with zero attached hydrogens (tertiary/aromatic N) is 4. The molecule has 0 saturated carbocycles. The first-order valence-corrected chi connectivity index (χ1v) is 13.4. The summed E-state index contributed by atoms with van der Waals surface area (Å²) in [7, 11) is -2.18. The minimum atomic E-state index is -3.62. The summed E-state index contributed by atoms with van der Waals surface area (Å²) in [5, 5.41) is 3.49. The normalized spacial score (nSPS) is 12.1. The number of ether oxygens (including phenoxy) is 2. The summed E-state index contributed by atoms with van der Waals surface area (Å²) in [4.78, 5) is 15.7. The molecule has 0 aliphatic heterocycles. The summed E-state index contributed by atoms with van der Waals surface area (Å²) in [5.74, 6) is 0.0657. The lowest BCUT2D eigenvalue weighted by Crippen LogP contribution is -2.45. The van der Waals surface area contributed by atoms with Gasteiger partial charge in [0.1, 0.15) is 18.4 Å². The van der Waals surface area contributed by atoms with Crippen LogP contribution in [0.15, 0.2) is 59.7 Å². The molecule has 2 rings (SSSR count). The molecule has 0 bridgehead atoms. The van der Waals surface area contributed by atoms with E-state index in [1.54, 1.807) is 12.1 Å². The molecule has 0 fully saturated rings. The molecule has 35 heavy (non-hydrogen) atoms. The summed E-state index contributed by atoms with van der Waals surface area (Å²) in [5.41, 5.74) is 9.91. The SMILES string of the molecule is CCCCS(=O)(=O)N(C)C(Cc1ccc(OCCCCN=[N+]=[N-])cc1)C(=O)OCc1ccccc1. The number of rotatable bonds is 16. The quantitative estimate of drug-likeness (QED) is 0.107. The molecule has 0 radical (unpaired) electrons. The second-order valence-electron chi connectivity index (χ2n) is 8.15. The standard InChI is InChI=1S/C25H34N4O5S/c1-3-4-18-35(31,32)29(2)24(25(30)34-20-22-10-6-5-7-11-22)19-21-12-14-23(15-13-21)33-17-9-8-16-27-28-26/h5-7,10-15,24H,3-4,8-9,16-20H2,1-2H3. The van der Waals surface area contributed by atoms with Crippen LogP contribution < -0.4 is 4.74 Å². The van der Waals surface area contributed by atoms with Gasteiger partial charge in [0.25, 0.3) is 0 Å². The Labute approximate surface area is 207 Å². The van der Waals surface area contributed by atoms with Crippen LogP contribution in [-0.2, 0) is 32.6 Å². The van der Waals surface area contributed by atoms with Crippen LogP contribution in [0.1, 0.15) is 43.7 Å². The van der Waals surface area contributed by atoms with E-state index in [-0.39, 0.29) is 18.8 Å². The van der Waals surface area contributed by atoms with E-state index in [2.05, 4.69) is 10.0 Å². The number of hydrogen-bond acceptors (Lipinski definition) is 6. The van der Waals surface area contributed by atoms with Crippen molar-refractivity contribution in [3.63, 3.8) is 0 Å². The molecule has 0 aromatic heterocycles. The summed E-state index contributed by atoms with van der Waals surface area (Å²) < 4.78 is 38.0. The molecule has 0 saturated heterocycles. The molecule has 190 valence electrons. The molecule has 0 aliphatic rings. The lowest BCUT2D eigenvalue weighted by molar-refractivity contribution is -0.149. The van der Waals surface area contributed by atoms with Gasteiger partial charge >= 0.3 is 5.97 Å². The zero-order valence-electron chi connectivity index (χ0n) is 20.4. The van der Waals surface area contributed by atoms with E-state index < -0.39 is 22.0 Å². The lowest BCUT2D eigenvalue weighted by Gasteiger charge is -2.26. The van der Waals surface area contributed by atoms with Crippen molar-refractivity contribution < 1.29 is 22.7 Å². The fourth-order valence-corrected chi connectivity index (χ4v) is 4.80. The van der Waals surface area contributed by atoms with Crippen molar-refractivity contribution in [1.29, 1.82) is 0 Å². The second kappa shape index (κ2) is 15.0. The fourth-order valence-electron chi connectivity index (χ4n) is 3.31. The third kappa shape index (κ3) is 9.98. The molecule has 0 spiro atoms. The number of carbonyl (C=O) groups excluding carboxylic acids is 1. The van der Waals surface area contributed by atoms with Gasteiger partial charge in [0.05, 0.1) is 12.4 Å². The second-order valence-corrected chi connectivity index (χ2v) is 10.3. The maximum absolute atomic E-state index is 13.0. The predicted octanol–water partition coefficient (Wildman–Crippen LogP) is 4.87. The Morgan fingerprint density at radius 2 is 1.77 bits per heavy atom. The number of sulfonamides is 1. The van der Waals surface area contributed by atoms with E-state index in [0.29, 0.717) is 25.3 Å². The molecule has 1 atom stereocenters. The topological polar surface area (TPSA) is 122 Å². The van der Waals surface area contributed by atoms with Crippen LogP contribution in [0.25, 0.3) is 10.4 Å².